The number of carbonyl (C=O) groups excluding carboxylic acids is 3. The molecule has 0 aliphatic carbocycles. The quantitative estimate of drug-likeness (QED) is 0.504. The fourth-order valence-electron chi connectivity index (χ4n) is 3.10. The van der Waals surface area contributed by atoms with Crippen molar-refractivity contribution in [1.29, 1.82) is 0 Å². The molecule has 1 saturated heterocycles. The lowest BCUT2D eigenvalue weighted by Crippen LogP contribution is -2.54. The van der Waals surface area contributed by atoms with Crippen LogP contribution in [0.1, 0.15) is 31.4 Å². The summed E-state index contributed by atoms with van der Waals surface area (Å²) in [5, 5.41) is 2.50. The Labute approximate surface area is 185 Å². The highest BCUT2D eigenvalue weighted by Crippen LogP contribution is 2.37. The third-order valence-electron chi connectivity index (χ3n) is 4.45. The molecule has 0 aromatic heterocycles. The second kappa shape index (κ2) is 9.66. The lowest BCUT2D eigenvalue weighted by molar-refractivity contribution is -0.122. The van der Waals surface area contributed by atoms with Gasteiger partial charge >= 0.3 is 6.03 Å². The van der Waals surface area contributed by atoms with Crippen LogP contribution in [0.15, 0.2) is 42.0 Å². The number of ether oxygens (including phenoxy) is 2. The number of barbiturate groups is 1. The number of nitrogens with one attached hydrogen (secondary N) is 1. The van der Waals surface area contributed by atoms with Crippen LogP contribution in [-0.4, -0.2) is 31.1 Å². The molecule has 0 spiro atoms. The van der Waals surface area contributed by atoms with Crippen molar-refractivity contribution in [2.24, 2.45) is 0 Å². The van der Waals surface area contributed by atoms with Crippen LogP contribution in [0, 0.1) is 6.92 Å². The number of benzene rings is 2. The summed E-state index contributed by atoms with van der Waals surface area (Å²) in [7, 11) is 0. The highest BCUT2D eigenvalue weighted by atomic mass is 35.5. The molecule has 1 aliphatic heterocycles. The topological polar surface area (TPSA) is 84.9 Å². The van der Waals surface area contributed by atoms with Crippen LogP contribution in [0.5, 0.6) is 11.5 Å². The zero-order valence-electron chi connectivity index (χ0n) is 17.5. The Kier molecular flexibility index (Phi) is 6.97. The number of aryl methyl sites for hydroxylation is 1. The smallest absolute Gasteiger partial charge is 0.335 e. The summed E-state index contributed by atoms with van der Waals surface area (Å²) in [5.74, 6) is -0.687. The summed E-state index contributed by atoms with van der Waals surface area (Å²) in [6.45, 7) is 6.49. The van der Waals surface area contributed by atoms with Gasteiger partial charge in [0.05, 0.1) is 23.9 Å². The van der Waals surface area contributed by atoms with Gasteiger partial charge < -0.3 is 9.47 Å². The molecule has 7 nitrogen and oxygen atoms in total. The molecule has 0 atom stereocenters. The van der Waals surface area contributed by atoms with E-state index in [1.807, 2.05) is 26.8 Å². The predicted octanol–water partition coefficient (Wildman–Crippen LogP) is 4.50. The van der Waals surface area contributed by atoms with Crippen molar-refractivity contribution in [2.75, 3.05) is 18.1 Å². The van der Waals surface area contributed by atoms with Gasteiger partial charge in [-0.2, -0.15) is 0 Å². The minimum absolute atomic E-state index is 0.193. The van der Waals surface area contributed by atoms with E-state index in [1.54, 1.807) is 30.3 Å². The summed E-state index contributed by atoms with van der Waals surface area (Å²) in [5.41, 5.74) is 1.52. The van der Waals surface area contributed by atoms with Crippen LogP contribution in [0.2, 0.25) is 5.02 Å². The molecule has 162 valence electrons. The van der Waals surface area contributed by atoms with E-state index in [0.717, 1.165) is 16.9 Å². The van der Waals surface area contributed by atoms with Gasteiger partial charge in [-0.25, -0.2) is 9.69 Å². The van der Waals surface area contributed by atoms with Gasteiger partial charge in [-0.15, -0.1) is 0 Å². The number of imide groups is 2. The lowest BCUT2D eigenvalue weighted by atomic mass is 10.1. The number of hydrogen-bond acceptors (Lipinski definition) is 5. The summed E-state index contributed by atoms with van der Waals surface area (Å²) in [6.07, 6.45) is 2.18. The highest BCUT2D eigenvalue weighted by molar-refractivity contribution is 6.39. The van der Waals surface area contributed by atoms with Crippen molar-refractivity contribution in [3.63, 3.8) is 0 Å². The number of amides is 4. The normalized spacial score (nSPS) is 15.3. The molecule has 0 unspecified atom stereocenters. The number of rotatable bonds is 7. The Morgan fingerprint density at radius 1 is 1.10 bits per heavy atom. The number of hydrogen-bond donors (Lipinski definition) is 1. The van der Waals surface area contributed by atoms with Gasteiger partial charge in [0.25, 0.3) is 11.8 Å². The SMILES string of the molecule is CCCOc1c(Cl)cc(/C=C2\C(=O)NC(=O)N(c3cccc(C)c3)C2=O)cc1OCC. The van der Waals surface area contributed by atoms with Gasteiger partial charge in [-0.05, 0) is 61.7 Å². The molecular weight excluding hydrogens is 420 g/mol. The van der Waals surface area contributed by atoms with Gasteiger partial charge in [0.2, 0.25) is 0 Å². The molecule has 2 aromatic rings. The minimum Gasteiger partial charge on any atom is -0.490 e. The average Bonchev–Trinajstić information content (AvgIpc) is 2.71. The lowest BCUT2D eigenvalue weighted by Gasteiger charge is -2.26. The molecule has 1 aliphatic rings. The van der Waals surface area contributed by atoms with E-state index >= 15 is 0 Å². The van der Waals surface area contributed by atoms with Gasteiger partial charge in [-0.1, -0.05) is 30.7 Å². The monoisotopic (exact) mass is 442 g/mol. The first kappa shape index (κ1) is 22.4. The molecule has 31 heavy (non-hydrogen) atoms. The van der Waals surface area contributed by atoms with Gasteiger partial charge in [0.1, 0.15) is 5.57 Å². The molecule has 0 bridgehead atoms. The first-order valence-electron chi connectivity index (χ1n) is 9.93. The number of nitrogens with zero attached hydrogens (tertiary/aromatic N) is 1. The Morgan fingerprint density at radius 3 is 2.55 bits per heavy atom. The Morgan fingerprint density at radius 2 is 1.87 bits per heavy atom. The van der Waals surface area contributed by atoms with Crippen molar-refractivity contribution in [3.05, 3.63) is 58.1 Å². The molecule has 1 heterocycles. The summed E-state index contributed by atoms with van der Waals surface area (Å²) in [6, 6.07) is 9.31. The number of urea groups is 1. The van der Waals surface area contributed by atoms with E-state index in [0.29, 0.717) is 41.0 Å². The second-order valence-corrected chi connectivity index (χ2v) is 7.32. The number of anilines is 1. The largest absolute Gasteiger partial charge is 0.490 e. The van der Waals surface area contributed by atoms with Gasteiger partial charge in [0.15, 0.2) is 11.5 Å². The zero-order valence-corrected chi connectivity index (χ0v) is 18.3. The first-order chi connectivity index (χ1) is 14.8. The predicted molar refractivity (Wildman–Crippen MR) is 119 cm³/mol. The number of halogens is 1. The molecule has 3 rings (SSSR count). The first-order valence-corrected chi connectivity index (χ1v) is 10.3. The van der Waals surface area contributed by atoms with Crippen molar-refractivity contribution >= 4 is 41.2 Å². The van der Waals surface area contributed by atoms with E-state index in [4.69, 9.17) is 21.1 Å². The van der Waals surface area contributed by atoms with Crippen LogP contribution >= 0.6 is 11.6 Å². The van der Waals surface area contributed by atoms with E-state index in [2.05, 4.69) is 5.32 Å². The molecular formula is C23H23ClN2O5. The number of carbonyl (C=O) groups is 3. The van der Waals surface area contributed by atoms with Crippen LogP contribution in [0.25, 0.3) is 6.08 Å². The van der Waals surface area contributed by atoms with Crippen molar-refractivity contribution in [1.82, 2.24) is 5.32 Å². The molecule has 1 fully saturated rings. The van der Waals surface area contributed by atoms with Crippen LogP contribution < -0.4 is 19.7 Å². The van der Waals surface area contributed by atoms with Gasteiger partial charge in [0, 0.05) is 0 Å². The Hall–Kier alpha value is -3.32. The van der Waals surface area contributed by atoms with E-state index < -0.39 is 17.8 Å². The third-order valence-corrected chi connectivity index (χ3v) is 4.74. The Bertz CT molecular complexity index is 1060. The van der Waals surface area contributed by atoms with E-state index in [-0.39, 0.29) is 5.57 Å². The summed E-state index contributed by atoms with van der Waals surface area (Å²) in [4.78, 5) is 38.8. The molecule has 8 heteroatoms. The molecule has 0 radical (unpaired) electrons. The van der Waals surface area contributed by atoms with Crippen molar-refractivity contribution in [3.8, 4) is 11.5 Å². The van der Waals surface area contributed by atoms with Crippen LogP contribution in [0.4, 0.5) is 10.5 Å². The fraction of sp³-hybridized carbons (Fsp3) is 0.261. The maximum absolute atomic E-state index is 13.1. The summed E-state index contributed by atoms with van der Waals surface area (Å²) < 4.78 is 11.3. The van der Waals surface area contributed by atoms with E-state index in [1.165, 1.54) is 6.08 Å². The molecule has 1 N–H and O–H groups in total. The fourth-order valence-corrected chi connectivity index (χ4v) is 3.38. The summed E-state index contributed by atoms with van der Waals surface area (Å²) >= 11 is 6.38. The Balaban J connectivity index is 2.02. The van der Waals surface area contributed by atoms with Crippen molar-refractivity contribution < 1.29 is 23.9 Å². The third kappa shape index (κ3) is 4.88. The standard InChI is InChI=1S/C23H23ClN2O5/c1-4-9-31-20-18(24)12-15(13-19(20)30-5-2)11-17-21(27)25-23(29)26(22(17)28)16-8-6-7-14(3)10-16/h6-8,10-13H,4-5,9H2,1-3H3,(H,25,27,29)/b17-11+. The molecule has 4 amide bonds. The average molecular weight is 443 g/mol. The minimum atomic E-state index is -0.797. The van der Waals surface area contributed by atoms with Crippen LogP contribution in [-0.2, 0) is 9.59 Å². The van der Waals surface area contributed by atoms with Gasteiger partial charge in [-0.3, -0.25) is 14.9 Å². The molecule has 0 saturated carbocycles. The second-order valence-electron chi connectivity index (χ2n) is 6.91. The van der Waals surface area contributed by atoms with Crippen LogP contribution in [0.3, 0.4) is 0 Å². The maximum atomic E-state index is 13.1. The van der Waals surface area contributed by atoms with E-state index in [9.17, 15) is 14.4 Å². The highest BCUT2D eigenvalue weighted by Gasteiger charge is 2.36. The maximum Gasteiger partial charge on any atom is 0.335 e. The van der Waals surface area contributed by atoms with Crippen molar-refractivity contribution in [2.45, 2.75) is 27.2 Å². The zero-order chi connectivity index (χ0) is 22.5. The molecule has 2 aromatic carbocycles.